The Morgan fingerprint density at radius 1 is 0.769 bits per heavy atom. The van der Waals surface area contributed by atoms with Crippen LogP contribution in [0.25, 0.3) is 0 Å². The molecule has 0 aromatic rings. The third kappa shape index (κ3) is 1.16. The summed E-state index contributed by atoms with van der Waals surface area (Å²) in [5.41, 5.74) is 0. The standard InChI is InChI=1S/C12H20O/c13-12-7-8-3-1-4-9(8)10-5-2-6-11(10)12/h8-13H,1-7H2/t8-,9+,10+,11+,12-/m0/s1. The van der Waals surface area contributed by atoms with Crippen molar-refractivity contribution in [3.8, 4) is 0 Å². The van der Waals surface area contributed by atoms with E-state index in [1.807, 2.05) is 0 Å². The summed E-state index contributed by atoms with van der Waals surface area (Å²) in [7, 11) is 0. The zero-order chi connectivity index (χ0) is 8.84. The van der Waals surface area contributed by atoms with Crippen LogP contribution >= 0.6 is 0 Å². The van der Waals surface area contributed by atoms with Crippen LogP contribution in [-0.2, 0) is 0 Å². The normalized spacial score (nSPS) is 54.7. The van der Waals surface area contributed by atoms with Gasteiger partial charge in [-0.3, -0.25) is 0 Å². The summed E-state index contributed by atoms with van der Waals surface area (Å²) in [4.78, 5) is 0. The first kappa shape index (κ1) is 8.28. The molecule has 0 saturated heterocycles. The van der Waals surface area contributed by atoms with Gasteiger partial charge in [0.2, 0.25) is 0 Å². The summed E-state index contributed by atoms with van der Waals surface area (Å²) in [6.07, 6.45) is 9.63. The largest absolute Gasteiger partial charge is 0.393 e. The molecule has 3 rings (SSSR count). The molecule has 0 aliphatic heterocycles. The number of fused-ring (bicyclic) bond motifs is 3. The molecule has 0 bridgehead atoms. The van der Waals surface area contributed by atoms with Crippen LogP contribution in [0, 0.1) is 23.7 Å². The van der Waals surface area contributed by atoms with Gasteiger partial charge in [0.1, 0.15) is 0 Å². The predicted octanol–water partition coefficient (Wildman–Crippen LogP) is 2.58. The van der Waals surface area contributed by atoms with E-state index in [2.05, 4.69) is 0 Å². The molecule has 0 radical (unpaired) electrons. The van der Waals surface area contributed by atoms with Gasteiger partial charge >= 0.3 is 0 Å². The number of aliphatic hydroxyl groups excluding tert-OH is 1. The number of hydrogen-bond donors (Lipinski definition) is 1. The van der Waals surface area contributed by atoms with Crippen molar-refractivity contribution in [2.75, 3.05) is 0 Å². The lowest BCUT2D eigenvalue weighted by Gasteiger charge is -2.39. The van der Waals surface area contributed by atoms with Crippen LogP contribution < -0.4 is 0 Å². The Kier molecular flexibility index (Phi) is 1.90. The quantitative estimate of drug-likeness (QED) is 0.607. The number of aliphatic hydroxyl groups is 1. The average Bonchev–Trinajstić information content (AvgIpc) is 2.66. The van der Waals surface area contributed by atoms with Gasteiger partial charge in [-0.15, -0.1) is 0 Å². The lowest BCUT2D eigenvalue weighted by atomic mass is 9.68. The van der Waals surface area contributed by atoms with Crippen molar-refractivity contribution in [1.82, 2.24) is 0 Å². The molecular weight excluding hydrogens is 160 g/mol. The summed E-state index contributed by atoms with van der Waals surface area (Å²) < 4.78 is 0. The minimum absolute atomic E-state index is 0.0619. The second kappa shape index (κ2) is 2.98. The van der Waals surface area contributed by atoms with Gasteiger partial charge in [-0.1, -0.05) is 19.3 Å². The minimum Gasteiger partial charge on any atom is -0.393 e. The van der Waals surface area contributed by atoms with Gasteiger partial charge in [0, 0.05) is 0 Å². The topological polar surface area (TPSA) is 20.2 Å². The van der Waals surface area contributed by atoms with Crippen LogP contribution in [0.15, 0.2) is 0 Å². The molecule has 5 atom stereocenters. The highest BCUT2D eigenvalue weighted by Gasteiger charge is 2.47. The van der Waals surface area contributed by atoms with Crippen molar-refractivity contribution < 1.29 is 5.11 Å². The van der Waals surface area contributed by atoms with E-state index in [-0.39, 0.29) is 6.10 Å². The second-order valence-corrected chi connectivity index (χ2v) is 5.42. The molecule has 0 unspecified atom stereocenters. The SMILES string of the molecule is O[C@H]1C[C@@H]2CCC[C@H]2[C@H]2CCC[C@H]21. The van der Waals surface area contributed by atoms with Crippen LogP contribution in [0.4, 0.5) is 0 Å². The van der Waals surface area contributed by atoms with Crippen LogP contribution in [0.3, 0.4) is 0 Å². The van der Waals surface area contributed by atoms with E-state index in [9.17, 15) is 5.11 Å². The molecule has 1 N–H and O–H groups in total. The van der Waals surface area contributed by atoms with Gasteiger partial charge in [-0.25, -0.2) is 0 Å². The third-order valence-electron chi connectivity index (χ3n) is 4.93. The molecule has 0 spiro atoms. The molecule has 1 nitrogen and oxygen atoms in total. The van der Waals surface area contributed by atoms with Gasteiger partial charge in [0.15, 0.2) is 0 Å². The molecule has 0 amide bonds. The molecule has 0 aromatic carbocycles. The van der Waals surface area contributed by atoms with Crippen molar-refractivity contribution in [2.24, 2.45) is 23.7 Å². The van der Waals surface area contributed by atoms with Crippen LogP contribution in [0.5, 0.6) is 0 Å². The Labute approximate surface area is 80.5 Å². The average molecular weight is 180 g/mol. The van der Waals surface area contributed by atoms with Crippen LogP contribution in [-0.4, -0.2) is 11.2 Å². The Balaban J connectivity index is 1.84. The first-order chi connectivity index (χ1) is 6.36. The summed E-state index contributed by atoms with van der Waals surface area (Å²) >= 11 is 0. The van der Waals surface area contributed by atoms with E-state index in [0.717, 1.165) is 24.2 Å². The molecule has 3 aliphatic carbocycles. The highest BCUT2D eigenvalue weighted by Crippen LogP contribution is 2.53. The molecule has 74 valence electrons. The fourth-order valence-corrected chi connectivity index (χ4v) is 4.43. The van der Waals surface area contributed by atoms with Gasteiger partial charge in [0.25, 0.3) is 0 Å². The molecule has 3 saturated carbocycles. The van der Waals surface area contributed by atoms with Gasteiger partial charge in [0.05, 0.1) is 6.10 Å². The van der Waals surface area contributed by atoms with Crippen molar-refractivity contribution in [3.63, 3.8) is 0 Å². The van der Waals surface area contributed by atoms with E-state index in [1.54, 1.807) is 0 Å². The van der Waals surface area contributed by atoms with E-state index in [0.29, 0.717) is 5.92 Å². The number of rotatable bonds is 0. The maximum Gasteiger partial charge on any atom is 0.0573 e. The molecule has 0 aromatic heterocycles. The Morgan fingerprint density at radius 2 is 1.46 bits per heavy atom. The van der Waals surface area contributed by atoms with Crippen LogP contribution in [0.1, 0.15) is 44.9 Å². The van der Waals surface area contributed by atoms with Gasteiger partial charge in [-0.05, 0) is 49.4 Å². The molecule has 0 heterocycles. The number of hydrogen-bond acceptors (Lipinski definition) is 1. The summed E-state index contributed by atoms with van der Waals surface area (Å²) in [5, 5.41) is 10.0. The maximum atomic E-state index is 10.0. The summed E-state index contributed by atoms with van der Waals surface area (Å²) in [6.45, 7) is 0. The molecular formula is C12H20O. The minimum atomic E-state index is 0.0619. The maximum absolute atomic E-state index is 10.0. The lowest BCUT2D eigenvalue weighted by molar-refractivity contribution is -0.00595. The van der Waals surface area contributed by atoms with Crippen molar-refractivity contribution in [3.05, 3.63) is 0 Å². The van der Waals surface area contributed by atoms with Gasteiger partial charge < -0.3 is 5.11 Å². The monoisotopic (exact) mass is 180 g/mol. The molecule has 3 fully saturated rings. The van der Waals surface area contributed by atoms with E-state index in [4.69, 9.17) is 0 Å². The molecule has 3 aliphatic rings. The summed E-state index contributed by atoms with van der Waals surface area (Å²) in [6, 6.07) is 0. The fraction of sp³-hybridized carbons (Fsp3) is 1.00. The molecule has 13 heavy (non-hydrogen) atoms. The Hall–Kier alpha value is -0.0400. The predicted molar refractivity (Wildman–Crippen MR) is 52.3 cm³/mol. The van der Waals surface area contributed by atoms with E-state index >= 15 is 0 Å². The van der Waals surface area contributed by atoms with Crippen molar-refractivity contribution in [1.29, 1.82) is 0 Å². The van der Waals surface area contributed by atoms with Crippen molar-refractivity contribution in [2.45, 2.75) is 51.0 Å². The second-order valence-electron chi connectivity index (χ2n) is 5.42. The Morgan fingerprint density at radius 3 is 2.38 bits per heavy atom. The fourth-order valence-electron chi connectivity index (χ4n) is 4.43. The van der Waals surface area contributed by atoms with Crippen LogP contribution in [0.2, 0.25) is 0 Å². The highest BCUT2D eigenvalue weighted by atomic mass is 16.3. The summed E-state index contributed by atoms with van der Waals surface area (Å²) in [5.74, 6) is 3.51. The zero-order valence-corrected chi connectivity index (χ0v) is 8.28. The highest BCUT2D eigenvalue weighted by molar-refractivity contribution is 4.97. The molecule has 1 heteroatoms. The van der Waals surface area contributed by atoms with E-state index < -0.39 is 0 Å². The zero-order valence-electron chi connectivity index (χ0n) is 8.28. The van der Waals surface area contributed by atoms with Crippen molar-refractivity contribution >= 4 is 0 Å². The van der Waals surface area contributed by atoms with Gasteiger partial charge in [-0.2, -0.15) is 0 Å². The van der Waals surface area contributed by atoms with E-state index in [1.165, 1.54) is 38.5 Å². The Bertz CT molecular complexity index is 201. The smallest absolute Gasteiger partial charge is 0.0573 e. The third-order valence-corrected chi connectivity index (χ3v) is 4.93. The first-order valence-corrected chi connectivity index (χ1v) is 6.04. The lowest BCUT2D eigenvalue weighted by Crippen LogP contribution is -2.38. The first-order valence-electron chi connectivity index (χ1n) is 6.04.